The SMILES string of the molecule is Cc1ccc(-c2nn(CC(=O)NCc3ccc(F)cc3)c3c2cnc2ccc(C)cc23)cc1. The Balaban J connectivity index is 1.55. The van der Waals surface area contributed by atoms with Crippen LogP contribution in [0, 0.1) is 19.7 Å². The van der Waals surface area contributed by atoms with Gasteiger partial charge in [-0.05, 0) is 43.7 Å². The highest BCUT2D eigenvalue weighted by Gasteiger charge is 2.18. The molecule has 0 saturated carbocycles. The molecule has 33 heavy (non-hydrogen) atoms. The van der Waals surface area contributed by atoms with Gasteiger partial charge in [0.1, 0.15) is 18.1 Å². The molecule has 0 saturated heterocycles. The summed E-state index contributed by atoms with van der Waals surface area (Å²) in [5.74, 6) is -0.468. The third-order valence-electron chi connectivity index (χ3n) is 5.75. The maximum atomic E-state index is 13.1. The van der Waals surface area contributed by atoms with Crippen molar-refractivity contribution in [1.29, 1.82) is 0 Å². The van der Waals surface area contributed by atoms with Crippen LogP contribution >= 0.6 is 0 Å². The molecular weight excluding hydrogens is 415 g/mol. The number of benzene rings is 3. The smallest absolute Gasteiger partial charge is 0.242 e. The fourth-order valence-electron chi connectivity index (χ4n) is 4.00. The topological polar surface area (TPSA) is 59.8 Å². The third kappa shape index (κ3) is 4.20. The van der Waals surface area contributed by atoms with E-state index in [9.17, 15) is 9.18 Å². The van der Waals surface area contributed by atoms with Gasteiger partial charge in [0, 0.05) is 29.1 Å². The molecule has 2 heterocycles. The van der Waals surface area contributed by atoms with E-state index < -0.39 is 0 Å². The average Bonchev–Trinajstić information content (AvgIpc) is 3.18. The van der Waals surface area contributed by atoms with Gasteiger partial charge in [-0.2, -0.15) is 5.10 Å². The predicted molar refractivity (Wildman–Crippen MR) is 128 cm³/mol. The fraction of sp³-hybridized carbons (Fsp3) is 0.148. The van der Waals surface area contributed by atoms with Crippen LogP contribution in [0.25, 0.3) is 33.1 Å². The van der Waals surface area contributed by atoms with Gasteiger partial charge in [-0.3, -0.25) is 14.5 Å². The number of fused-ring (bicyclic) bond motifs is 3. The Bertz CT molecular complexity index is 1470. The number of halogens is 1. The Labute approximate surface area is 190 Å². The number of hydrogen-bond donors (Lipinski definition) is 1. The summed E-state index contributed by atoms with van der Waals surface area (Å²) in [5, 5.41) is 9.62. The van der Waals surface area contributed by atoms with E-state index in [4.69, 9.17) is 5.10 Å². The Morgan fingerprint density at radius 2 is 1.67 bits per heavy atom. The van der Waals surface area contributed by atoms with Gasteiger partial charge in [0.25, 0.3) is 0 Å². The Morgan fingerprint density at radius 1 is 0.939 bits per heavy atom. The maximum Gasteiger partial charge on any atom is 0.242 e. The minimum atomic E-state index is -0.299. The van der Waals surface area contributed by atoms with Crippen molar-refractivity contribution < 1.29 is 9.18 Å². The zero-order chi connectivity index (χ0) is 22.9. The maximum absolute atomic E-state index is 13.1. The zero-order valence-electron chi connectivity index (χ0n) is 18.5. The van der Waals surface area contributed by atoms with Crippen LogP contribution in [-0.2, 0) is 17.9 Å². The van der Waals surface area contributed by atoms with E-state index in [-0.39, 0.29) is 18.3 Å². The summed E-state index contributed by atoms with van der Waals surface area (Å²) < 4.78 is 14.9. The summed E-state index contributed by atoms with van der Waals surface area (Å²) in [6.45, 7) is 4.47. The molecule has 0 atom stereocenters. The third-order valence-corrected chi connectivity index (χ3v) is 5.75. The second kappa shape index (κ2) is 8.47. The zero-order valence-corrected chi connectivity index (χ0v) is 18.5. The molecule has 1 amide bonds. The molecule has 0 fully saturated rings. The van der Waals surface area contributed by atoms with E-state index in [0.29, 0.717) is 6.54 Å². The van der Waals surface area contributed by atoms with Crippen LogP contribution in [0.4, 0.5) is 4.39 Å². The minimum Gasteiger partial charge on any atom is -0.350 e. The lowest BCUT2D eigenvalue weighted by Crippen LogP contribution is -2.27. The monoisotopic (exact) mass is 438 g/mol. The highest BCUT2D eigenvalue weighted by Crippen LogP contribution is 2.32. The minimum absolute atomic E-state index is 0.0661. The Hall–Kier alpha value is -4.06. The van der Waals surface area contributed by atoms with Gasteiger partial charge in [0.05, 0.1) is 11.0 Å². The normalized spacial score (nSPS) is 11.2. The van der Waals surface area contributed by atoms with Crippen molar-refractivity contribution in [2.75, 3.05) is 0 Å². The van der Waals surface area contributed by atoms with E-state index in [1.807, 2.05) is 56.4 Å². The van der Waals surface area contributed by atoms with Crippen LogP contribution in [-0.4, -0.2) is 20.7 Å². The van der Waals surface area contributed by atoms with E-state index in [2.05, 4.69) is 16.4 Å². The summed E-state index contributed by atoms with van der Waals surface area (Å²) in [4.78, 5) is 17.5. The van der Waals surface area contributed by atoms with Crippen molar-refractivity contribution >= 4 is 27.7 Å². The molecule has 5 nitrogen and oxygen atoms in total. The molecule has 5 rings (SSSR count). The van der Waals surface area contributed by atoms with Gasteiger partial charge in [-0.25, -0.2) is 4.39 Å². The van der Waals surface area contributed by atoms with Crippen molar-refractivity contribution in [3.63, 3.8) is 0 Å². The molecule has 3 aromatic carbocycles. The standard InChI is InChI=1S/C27H23FN4O/c1-17-3-8-20(9-4-17)26-23-15-29-24-12-5-18(2)13-22(24)27(23)32(31-26)16-25(33)30-14-19-6-10-21(28)11-7-19/h3-13,15H,14,16H2,1-2H3,(H,30,33). The number of aromatic nitrogens is 3. The van der Waals surface area contributed by atoms with Crippen LogP contribution in [0.1, 0.15) is 16.7 Å². The number of nitrogens with one attached hydrogen (secondary N) is 1. The molecule has 0 bridgehead atoms. The predicted octanol–water partition coefficient (Wildman–Crippen LogP) is 5.32. The van der Waals surface area contributed by atoms with Crippen LogP contribution in [0.3, 0.4) is 0 Å². The lowest BCUT2D eigenvalue weighted by atomic mass is 10.0. The number of hydrogen-bond acceptors (Lipinski definition) is 3. The number of carbonyl (C=O) groups is 1. The molecular formula is C27H23FN4O. The van der Waals surface area contributed by atoms with Gasteiger partial charge in [0.15, 0.2) is 0 Å². The first kappa shape index (κ1) is 20.8. The van der Waals surface area contributed by atoms with Crippen LogP contribution in [0.5, 0.6) is 0 Å². The molecule has 5 aromatic rings. The van der Waals surface area contributed by atoms with Crippen LogP contribution in [0.2, 0.25) is 0 Å². The van der Waals surface area contributed by atoms with Gasteiger partial charge in [-0.15, -0.1) is 0 Å². The second-order valence-corrected chi connectivity index (χ2v) is 8.32. The van der Waals surface area contributed by atoms with Gasteiger partial charge in [-0.1, -0.05) is 53.6 Å². The summed E-state index contributed by atoms with van der Waals surface area (Å²) in [6, 6.07) is 20.4. The number of pyridine rings is 1. The largest absolute Gasteiger partial charge is 0.350 e. The molecule has 164 valence electrons. The number of carbonyl (C=O) groups excluding carboxylic acids is 1. The first-order valence-electron chi connectivity index (χ1n) is 10.8. The first-order valence-corrected chi connectivity index (χ1v) is 10.8. The summed E-state index contributed by atoms with van der Waals surface area (Å²) in [6.07, 6.45) is 1.84. The summed E-state index contributed by atoms with van der Waals surface area (Å²) in [5.41, 5.74) is 6.63. The molecule has 0 spiro atoms. The summed E-state index contributed by atoms with van der Waals surface area (Å²) in [7, 11) is 0. The van der Waals surface area contributed by atoms with Crippen molar-refractivity contribution in [3.05, 3.63) is 95.4 Å². The van der Waals surface area contributed by atoms with Crippen molar-refractivity contribution in [2.45, 2.75) is 26.9 Å². The second-order valence-electron chi connectivity index (χ2n) is 8.32. The fourth-order valence-corrected chi connectivity index (χ4v) is 4.00. The Kier molecular flexibility index (Phi) is 5.34. The number of rotatable bonds is 5. The molecule has 0 radical (unpaired) electrons. The van der Waals surface area contributed by atoms with E-state index in [1.165, 1.54) is 17.7 Å². The molecule has 6 heteroatoms. The summed E-state index contributed by atoms with van der Waals surface area (Å²) >= 11 is 0. The highest BCUT2D eigenvalue weighted by molar-refractivity contribution is 6.08. The van der Waals surface area contributed by atoms with Crippen LogP contribution in [0.15, 0.2) is 72.9 Å². The quantitative estimate of drug-likeness (QED) is 0.404. The van der Waals surface area contributed by atoms with E-state index in [1.54, 1.807) is 16.8 Å². The van der Waals surface area contributed by atoms with Crippen LogP contribution < -0.4 is 5.32 Å². The van der Waals surface area contributed by atoms with Gasteiger partial charge in [0.2, 0.25) is 5.91 Å². The van der Waals surface area contributed by atoms with Gasteiger partial charge < -0.3 is 5.32 Å². The highest BCUT2D eigenvalue weighted by atomic mass is 19.1. The van der Waals surface area contributed by atoms with Crippen molar-refractivity contribution in [1.82, 2.24) is 20.1 Å². The van der Waals surface area contributed by atoms with E-state index in [0.717, 1.165) is 44.2 Å². The molecule has 0 aliphatic carbocycles. The van der Waals surface area contributed by atoms with Crippen molar-refractivity contribution in [3.8, 4) is 11.3 Å². The lowest BCUT2D eigenvalue weighted by Gasteiger charge is -2.08. The number of amides is 1. The molecule has 1 N–H and O–H groups in total. The van der Waals surface area contributed by atoms with E-state index >= 15 is 0 Å². The number of aryl methyl sites for hydroxylation is 2. The molecule has 0 aliphatic rings. The Morgan fingerprint density at radius 3 is 2.42 bits per heavy atom. The molecule has 2 aromatic heterocycles. The number of nitrogens with zero attached hydrogens (tertiary/aromatic N) is 3. The lowest BCUT2D eigenvalue weighted by molar-refractivity contribution is -0.121. The van der Waals surface area contributed by atoms with Gasteiger partial charge >= 0.3 is 0 Å². The molecule has 0 aliphatic heterocycles. The average molecular weight is 439 g/mol. The first-order chi connectivity index (χ1) is 16.0. The molecule has 0 unspecified atom stereocenters. The van der Waals surface area contributed by atoms with Crippen molar-refractivity contribution in [2.24, 2.45) is 0 Å².